The highest BCUT2D eigenvalue weighted by molar-refractivity contribution is 5.95. The molecule has 0 heterocycles. The number of amides is 1. The summed E-state index contributed by atoms with van der Waals surface area (Å²) in [5.41, 5.74) is 3.68. The van der Waals surface area contributed by atoms with E-state index in [1.807, 2.05) is 61.5 Å². The predicted molar refractivity (Wildman–Crippen MR) is 102 cm³/mol. The summed E-state index contributed by atoms with van der Waals surface area (Å²) in [7, 11) is 0. The van der Waals surface area contributed by atoms with Gasteiger partial charge in [0.05, 0.1) is 0 Å². The minimum atomic E-state index is -0.512. The van der Waals surface area contributed by atoms with Gasteiger partial charge in [-0.15, -0.1) is 0 Å². The number of carbonyl (C=O) groups excluding carboxylic acids is 1. The van der Waals surface area contributed by atoms with Crippen LogP contribution in [0.3, 0.4) is 0 Å². The fourth-order valence-electron chi connectivity index (χ4n) is 2.68. The largest absolute Gasteiger partial charge is 0.324 e. The molecule has 0 fully saturated rings. The number of rotatable bonds is 6. The third-order valence-corrected chi connectivity index (χ3v) is 4.14. The second-order valence-electron chi connectivity index (χ2n) is 6.21. The standard InChI is InChI=1S/C22H21FN2O/c1-16-7-13-20(14-8-16)25-22(26)21(18-5-3-2-4-6-18)24-15-17-9-11-19(23)12-10-17/h2-14,21,24H,15H2,1H3,(H,25,26). The molecule has 0 spiro atoms. The molecule has 4 heteroatoms. The van der Waals surface area contributed by atoms with Gasteiger partial charge < -0.3 is 5.32 Å². The van der Waals surface area contributed by atoms with Crippen molar-refractivity contribution in [1.82, 2.24) is 5.32 Å². The molecule has 0 aliphatic heterocycles. The van der Waals surface area contributed by atoms with Crippen LogP contribution >= 0.6 is 0 Å². The molecule has 0 bridgehead atoms. The van der Waals surface area contributed by atoms with Crippen LogP contribution in [0.15, 0.2) is 78.9 Å². The summed E-state index contributed by atoms with van der Waals surface area (Å²) in [6, 6.07) is 23.0. The van der Waals surface area contributed by atoms with Crippen molar-refractivity contribution >= 4 is 11.6 Å². The number of halogens is 1. The van der Waals surface area contributed by atoms with Crippen molar-refractivity contribution in [1.29, 1.82) is 0 Å². The van der Waals surface area contributed by atoms with Crippen molar-refractivity contribution in [2.75, 3.05) is 5.32 Å². The van der Waals surface area contributed by atoms with Gasteiger partial charge in [-0.2, -0.15) is 0 Å². The molecular formula is C22H21FN2O. The minimum absolute atomic E-state index is 0.137. The molecule has 0 radical (unpaired) electrons. The third kappa shape index (κ3) is 4.77. The Balaban J connectivity index is 1.75. The van der Waals surface area contributed by atoms with Gasteiger partial charge in [0, 0.05) is 12.2 Å². The van der Waals surface area contributed by atoms with E-state index < -0.39 is 6.04 Å². The number of aryl methyl sites for hydroxylation is 1. The number of nitrogens with one attached hydrogen (secondary N) is 2. The van der Waals surface area contributed by atoms with Crippen LogP contribution in [0.5, 0.6) is 0 Å². The second kappa shape index (κ2) is 8.41. The summed E-state index contributed by atoms with van der Waals surface area (Å²) in [5.74, 6) is -0.410. The Morgan fingerprint density at radius 3 is 2.23 bits per heavy atom. The maximum atomic E-state index is 13.1. The van der Waals surface area contributed by atoms with Crippen LogP contribution in [0.25, 0.3) is 0 Å². The Morgan fingerprint density at radius 1 is 0.923 bits per heavy atom. The van der Waals surface area contributed by atoms with Gasteiger partial charge in [0.25, 0.3) is 0 Å². The number of anilines is 1. The SMILES string of the molecule is Cc1ccc(NC(=O)C(NCc2ccc(F)cc2)c2ccccc2)cc1. The Morgan fingerprint density at radius 2 is 1.58 bits per heavy atom. The van der Waals surface area contributed by atoms with E-state index in [9.17, 15) is 9.18 Å². The molecule has 0 aliphatic rings. The predicted octanol–water partition coefficient (Wildman–Crippen LogP) is 4.60. The average Bonchev–Trinajstić information content (AvgIpc) is 2.66. The molecule has 2 N–H and O–H groups in total. The van der Waals surface area contributed by atoms with Crippen LogP contribution in [0, 0.1) is 12.7 Å². The summed E-state index contributed by atoms with van der Waals surface area (Å²) in [6.07, 6.45) is 0. The Labute approximate surface area is 152 Å². The third-order valence-electron chi connectivity index (χ3n) is 4.14. The lowest BCUT2D eigenvalue weighted by Gasteiger charge is -2.19. The van der Waals surface area contributed by atoms with Gasteiger partial charge in [-0.05, 0) is 42.3 Å². The van der Waals surface area contributed by atoms with Crippen molar-refractivity contribution in [3.63, 3.8) is 0 Å². The molecule has 26 heavy (non-hydrogen) atoms. The molecular weight excluding hydrogens is 327 g/mol. The molecule has 1 amide bonds. The first-order valence-corrected chi connectivity index (χ1v) is 8.52. The van der Waals surface area contributed by atoms with E-state index in [4.69, 9.17) is 0 Å². The molecule has 3 rings (SSSR count). The molecule has 3 aromatic carbocycles. The van der Waals surface area contributed by atoms with E-state index in [-0.39, 0.29) is 11.7 Å². The molecule has 1 atom stereocenters. The lowest BCUT2D eigenvalue weighted by atomic mass is 10.1. The molecule has 1 unspecified atom stereocenters. The average molecular weight is 348 g/mol. The van der Waals surface area contributed by atoms with Crippen molar-refractivity contribution < 1.29 is 9.18 Å². The second-order valence-corrected chi connectivity index (χ2v) is 6.21. The molecule has 0 aliphatic carbocycles. The van der Waals surface area contributed by atoms with E-state index in [1.165, 1.54) is 12.1 Å². The fourth-order valence-corrected chi connectivity index (χ4v) is 2.68. The van der Waals surface area contributed by atoms with E-state index >= 15 is 0 Å². The van der Waals surface area contributed by atoms with Crippen LogP contribution in [0.2, 0.25) is 0 Å². The van der Waals surface area contributed by atoms with Gasteiger partial charge in [-0.3, -0.25) is 10.1 Å². The van der Waals surface area contributed by atoms with Gasteiger partial charge in [0.2, 0.25) is 5.91 Å². The van der Waals surface area contributed by atoms with Gasteiger partial charge in [0.1, 0.15) is 11.9 Å². The van der Waals surface area contributed by atoms with Crippen LogP contribution in [-0.2, 0) is 11.3 Å². The fraction of sp³-hybridized carbons (Fsp3) is 0.136. The monoisotopic (exact) mass is 348 g/mol. The first-order chi connectivity index (χ1) is 12.6. The number of carbonyl (C=O) groups is 1. The Kier molecular flexibility index (Phi) is 5.77. The molecule has 0 saturated heterocycles. The lowest BCUT2D eigenvalue weighted by Crippen LogP contribution is -2.32. The summed E-state index contributed by atoms with van der Waals surface area (Å²) < 4.78 is 13.1. The smallest absolute Gasteiger partial charge is 0.246 e. The zero-order chi connectivity index (χ0) is 18.4. The van der Waals surface area contributed by atoms with Crippen molar-refractivity contribution in [2.45, 2.75) is 19.5 Å². The molecule has 0 saturated carbocycles. The van der Waals surface area contributed by atoms with Gasteiger partial charge in [-0.25, -0.2) is 4.39 Å². The van der Waals surface area contributed by atoms with Crippen molar-refractivity contribution in [2.24, 2.45) is 0 Å². The first-order valence-electron chi connectivity index (χ1n) is 8.52. The summed E-state index contributed by atoms with van der Waals surface area (Å²) >= 11 is 0. The van der Waals surface area contributed by atoms with E-state index in [0.29, 0.717) is 6.54 Å². The topological polar surface area (TPSA) is 41.1 Å². The molecule has 0 aromatic heterocycles. The summed E-state index contributed by atoms with van der Waals surface area (Å²) in [6.45, 7) is 2.46. The maximum absolute atomic E-state index is 13.1. The van der Waals surface area contributed by atoms with E-state index in [0.717, 1.165) is 22.4 Å². The van der Waals surface area contributed by atoms with Crippen molar-refractivity contribution in [3.8, 4) is 0 Å². The summed E-state index contributed by atoms with van der Waals surface area (Å²) in [5, 5.41) is 6.22. The number of hydrogen-bond donors (Lipinski definition) is 2. The van der Waals surface area contributed by atoms with Crippen LogP contribution < -0.4 is 10.6 Å². The highest BCUT2D eigenvalue weighted by Gasteiger charge is 2.20. The highest BCUT2D eigenvalue weighted by Crippen LogP contribution is 2.17. The Hall–Kier alpha value is -2.98. The first kappa shape index (κ1) is 17.8. The van der Waals surface area contributed by atoms with Gasteiger partial charge in [-0.1, -0.05) is 60.2 Å². The maximum Gasteiger partial charge on any atom is 0.246 e. The van der Waals surface area contributed by atoms with E-state index in [2.05, 4.69) is 10.6 Å². The summed E-state index contributed by atoms with van der Waals surface area (Å²) in [4.78, 5) is 12.8. The highest BCUT2D eigenvalue weighted by atomic mass is 19.1. The molecule has 3 nitrogen and oxygen atoms in total. The molecule has 132 valence electrons. The van der Waals surface area contributed by atoms with Crippen molar-refractivity contribution in [3.05, 3.63) is 101 Å². The zero-order valence-corrected chi connectivity index (χ0v) is 14.6. The number of benzene rings is 3. The van der Waals surface area contributed by atoms with Crippen LogP contribution in [-0.4, -0.2) is 5.91 Å². The normalized spacial score (nSPS) is 11.8. The lowest BCUT2D eigenvalue weighted by molar-refractivity contribution is -0.118. The zero-order valence-electron chi connectivity index (χ0n) is 14.6. The van der Waals surface area contributed by atoms with Crippen LogP contribution in [0.1, 0.15) is 22.7 Å². The van der Waals surface area contributed by atoms with Crippen LogP contribution in [0.4, 0.5) is 10.1 Å². The molecule has 3 aromatic rings. The Bertz CT molecular complexity index is 846. The van der Waals surface area contributed by atoms with Gasteiger partial charge >= 0.3 is 0 Å². The number of hydrogen-bond acceptors (Lipinski definition) is 2. The van der Waals surface area contributed by atoms with E-state index in [1.54, 1.807) is 12.1 Å². The van der Waals surface area contributed by atoms with Gasteiger partial charge in [0.15, 0.2) is 0 Å². The minimum Gasteiger partial charge on any atom is -0.324 e. The quantitative estimate of drug-likeness (QED) is 0.683.